The fourth-order valence-corrected chi connectivity index (χ4v) is 3.93. The van der Waals surface area contributed by atoms with Crippen molar-refractivity contribution >= 4 is 0 Å². The van der Waals surface area contributed by atoms with E-state index >= 15 is 0 Å². The van der Waals surface area contributed by atoms with E-state index in [0.717, 1.165) is 23.7 Å². The van der Waals surface area contributed by atoms with Gasteiger partial charge in [-0.2, -0.15) is 0 Å². The van der Waals surface area contributed by atoms with E-state index in [1.54, 1.807) is 0 Å². The molecule has 4 atom stereocenters. The smallest absolute Gasteiger partial charge is 0.0321 e. The monoisotopic (exact) mass is 166 g/mol. The Morgan fingerprint density at radius 2 is 1.67 bits per heavy atom. The van der Waals surface area contributed by atoms with Crippen LogP contribution in [0, 0.1) is 29.1 Å². The fraction of sp³-hybridized carbons (Fsp3) is 1.00. The Morgan fingerprint density at radius 3 is 2.08 bits per heavy atom. The van der Waals surface area contributed by atoms with Crippen molar-refractivity contribution in [2.45, 2.75) is 47.0 Å². The molecule has 0 radical (unpaired) electrons. The lowest BCUT2D eigenvalue weighted by Gasteiger charge is -2.55. The van der Waals surface area contributed by atoms with Crippen LogP contribution in [-0.4, -0.2) is 0 Å². The summed E-state index contributed by atoms with van der Waals surface area (Å²) in [6.45, 7) is 9.90. The molecule has 70 valence electrons. The number of hydrogen-bond donors (Lipinski definition) is 0. The van der Waals surface area contributed by atoms with Gasteiger partial charge in [0.15, 0.2) is 0 Å². The molecule has 3 rings (SSSR count). The SMILES string of the molecule is CC1C2CCC(C1C)C(C)(C)C2. The third-order valence-corrected chi connectivity index (χ3v) is 4.85. The topological polar surface area (TPSA) is 0 Å². The maximum atomic E-state index is 2.48. The molecule has 3 fully saturated rings. The lowest BCUT2D eigenvalue weighted by atomic mass is 9.50. The highest BCUT2D eigenvalue weighted by molar-refractivity contribution is 4.97. The van der Waals surface area contributed by atoms with E-state index in [9.17, 15) is 0 Å². The zero-order valence-corrected chi connectivity index (χ0v) is 8.93. The van der Waals surface area contributed by atoms with Crippen LogP contribution in [-0.2, 0) is 0 Å². The Hall–Kier alpha value is 0. The van der Waals surface area contributed by atoms with Crippen LogP contribution in [0.25, 0.3) is 0 Å². The minimum Gasteiger partial charge on any atom is -0.0620 e. The second kappa shape index (κ2) is 2.49. The fourth-order valence-electron chi connectivity index (χ4n) is 3.93. The van der Waals surface area contributed by atoms with E-state index in [1.165, 1.54) is 19.3 Å². The van der Waals surface area contributed by atoms with Crippen molar-refractivity contribution in [3.63, 3.8) is 0 Å². The van der Waals surface area contributed by atoms with Crippen molar-refractivity contribution in [3.8, 4) is 0 Å². The first kappa shape index (κ1) is 8.59. The molecule has 0 nitrogen and oxygen atoms in total. The van der Waals surface area contributed by atoms with Gasteiger partial charge in [-0.15, -0.1) is 0 Å². The van der Waals surface area contributed by atoms with Crippen molar-refractivity contribution in [2.24, 2.45) is 29.1 Å². The Labute approximate surface area is 76.7 Å². The van der Waals surface area contributed by atoms with Gasteiger partial charge in [-0.05, 0) is 48.3 Å². The molecular formula is C12H22. The molecule has 0 aliphatic heterocycles. The number of fused-ring (bicyclic) bond motifs is 3. The Balaban J connectivity index is 2.24. The summed E-state index contributed by atoms with van der Waals surface area (Å²) in [4.78, 5) is 0. The predicted molar refractivity (Wildman–Crippen MR) is 52.9 cm³/mol. The zero-order chi connectivity index (χ0) is 8.93. The standard InChI is InChI=1S/C12H22/c1-8-9(2)11-6-5-10(8)7-12(11,3)4/h8-11H,5-7H2,1-4H3. The van der Waals surface area contributed by atoms with Crippen molar-refractivity contribution < 1.29 is 0 Å². The Kier molecular flexibility index (Phi) is 1.79. The molecule has 0 heteroatoms. The molecule has 0 aromatic heterocycles. The van der Waals surface area contributed by atoms with Gasteiger partial charge < -0.3 is 0 Å². The summed E-state index contributed by atoms with van der Waals surface area (Å²) in [5.41, 5.74) is 0.648. The van der Waals surface area contributed by atoms with Crippen LogP contribution in [0.1, 0.15) is 47.0 Å². The van der Waals surface area contributed by atoms with Gasteiger partial charge in [-0.3, -0.25) is 0 Å². The van der Waals surface area contributed by atoms with Crippen LogP contribution in [0.4, 0.5) is 0 Å². The largest absolute Gasteiger partial charge is 0.0620 e. The first-order chi connectivity index (χ1) is 5.52. The molecule has 0 saturated heterocycles. The highest BCUT2D eigenvalue weighted by Crippen LogP contribution is 2.56. The van der Waals surface area contributed by atoms with Crippen LogP contribution in [0.3, 0.4) is 0 Å². The molecule has 3 aliphatic carbocycles. The average molecular weight is 166 g/mol. The quantitative estimate of drug-likeness (QED) is 0.514. The van der Waals surface area contributed by atoms with Crippen molar-refractivity contribution in [1.82, 2.24) is 0 Å². The first-order valence-corrected chi connectivity index (χ1v) is 5.52. The first-order valence-electron chi connectivity index (χ1n) is 5.52. The van der Waals surface area contributed by atoms with Gasteiger partial charge >= 0.3 is 0 Å². The van der Waals surface area contributed by atoms with Crippen LogP contribution in [0.15, 0.2) is 0 Å². The average Bonchev–Trinajstić information content (AvgIpc) is 1.97. The van der Waals surface area contributed by atoms with Gasteiger partial charge in [0.2, 0.25) is 0 Å². The van der Waals surface area contributed by atoms with Gasteiger partial charge in [0.25, 0.3) is 0 Å². The third kappa shape index (κ3) is 1.03. The highest BCUT2D eigenvalue weighted by atomic mass is 14.5. The Bertz CT molecular complexity index is 178. The lowest BCUT2D eigenvalue weighted by molar-refractivity contribution is -0.0554. The van der Waals surface area contributed by atoms with Gasteiger partial charge in [-0.1, -0.05) is 27.7 Å². The molecule has 0 N–H and O–H groups in total. The van der Waals surface area contributed by atoms with E-state index < -0.39 is 0 Å². The molecule has 0 aromatic rings. The van der Waals surface area contributed by atoms with Gasteiger partial charge in [0.05, 0.1) is 0 Å². The minimum absolute atomic E-state index is 0.648. The summed E-state index contributed by atoms with van der Waals surface area (Å²) in [5.74, 6) is 4.03. The summed E-state index contributed by atoms with van der Waals surface area (Å²) in [6, 6.07) is 0. The normalized spacial score (nSPS) is 51.0. The van der Waals surface area contributed by atoms with Gasteiger partial charge in [0, 0.05) is 0 Å². The van der Waals surface area contributed by atoms with E-state index in [0.29, 0.717) is 5.41 Å². The third-order valence-electron chi connectivity index (χ3n) is 4.85. The Morgan fingerprint density at radius 1 is 1.00 bits per heavy atom. The van der Waals surface area contributed by atoms with Crippen molar-refractivity contribution in [2.75, 3.05) is 0 Å². The maximum Gasteiger partial charge on any atom is -0.0321 e. The number of rotatable bonds is 0. The summed E-state index contributed by atoms with van der Waals surface area (Å²) in [7, 11) is 0. The molecule has 0 spiro atoms. The van der Waals surface area contributed by atoms with Crippen molar-refractivity contribution in [3.05, 3.63) is 0 Å². The van der Waals surface area contributed by atoms with E-state index in [4.69, 9.17) is 0 Å². The highest BCUT2D eigenvalue weighted by Gasteiger charge is 2.48. The maximum absolute atomic E-state index is 2.48. The molecule has 0 amide bonds. The molecule has 3 aliphatic rings. The van der Waals surface area contributed by atoms with Crippen LogP contribution < -0.4 is 0 Å². The van der Waals surface area contributed by atoms with Gasteiger partial charge in [-0.25, -0.2) is 0 Å². The van der Waals surface area contributed by atoms with Crippen molar-refractivity contribution in [1.29, 1.82) is 0 Å². The second-order valence-electron chi connectivity index (χ2n) is 5.85. The van der Waals surface area contributed by atoms with E-state index in [-0.39, 0.29) is 0 Å². The molecule has 3 saturated carbocycles. The van der Waals surface area contributed by atoms with E-state index in [2.05, 4.69) is 27.7 Å². The molecule has 2 bridgehead atoms. The summed E-state index contributed by atoms with van der Waals surface area (Å²) in [6.07, 6.45) is 4.51. The zero-order valence-electron chi connectivity index (χ0n) is 8.93. The summed E-state index contributed by atoms with van der Waals surface area (Å²) < 4.78 is 0. The summed E-state index contributed by atoms with van der Waals surface area (Å²) in [5, 5.41) is 0. The second-order valence-corrected chi connectivity index (χ2v) is 5.85. The number of hydrogen-bond acceptors (Lipinski definition) is 0. The molecular weight excluding hydrogens is 144 g/mol. The van der Waals surface area contributed by atoms with Crippen LogP contribution in [0.2, 0.25) is 0 Å². The van der Waals surface area contributed by atoms with Gasteiger partial charge in [0.1, 0.15) is 0 Å². The molecule has 0 heterocycles. The van der Waals surface area contributed by atoms with Crippen LogP contribution in [0.5, 0.6) is 0 Å². The summed E-state index contributed by atoms with van der Waals surface area (Å²) >= 11 is 0. The molecule has 0 aromatic carbocycles. The molecule has 12 heavy (non-hydrogen) atoms. The predicted octanol–water partition coefficient (Wildman–Crippen LogP) is 3.71. The lowest BCUT2D eigenvalue weighted by Crippen LogP contribution is -2.47. The molecule has 4 unspecified atom stereocenters. The van der Waals surface area contributed by atoms with Crippen LogP contribution >= 0.6 is 0 Å². The van der Waals surface area contributed by atoms with E-state index in [1.807, 2.05) is 0 Å². The minimum atomic E-state index is 0.648.